The highest BCUT2D eigenvalue weighted by molar-refractivity contribution is 7.92. The smallest absolute Gasteiger partial charge is 0.411 e. The first-order chi connectivity index (χ1) is 12.5. The molecular formula is C19H20N2O4S. The van der Waals surface area contributed by atoms with Crippen LogP contribution in [0, 0.1) is 0 Å². The van der Waals surface area contributed by atoms with Crippen LogP contribution in [0.5, 0.6) is 0 Å². The second kappa shape index (κ2) is 6.02. The van der Waals surface area contributed by atoms with Gasteiger partial charge in [0.25, 0.3) is 10.0 Å². The molecule has 7 heteroatoms. The summed E-state index contributed by atoms with van der Waals surface area (Å²) in [6, 6.07) is 15.7. The van der Waals surface area contributed by atoms with E-state index in [1.54, 1.807) is 41.3 Å². The maximum absolute atomic E-state index is 13.5. The number of carbonyl (C=O) groups is 1. The molecule has 0 bridgehead atoms. The minimum Gasteiger partial charge on any atom is -0.453 e. The largest absolute Gasteiger partial charge is 0.453 e. The van der Waals surface area contributed by atoms with Crippen LogP contribution < -0.4 is 4.31 Å². The third kappa shape index (κ3) is 2.30. The van der Waals surface area contributed by atoms with Gasteiger partial charge >= 0.3 is 6.09 Å². The molecule has 2 aliphatic heterocycles. The van der Waals surface area contributed by atoms with E-state index >= 15 is 0 Å². The Morgan fingerprint density at radius 3 is 2.42 bits per heavy atom. The van der Waals surface area contributed by atoms with Crippen LogP contribution in [0.1, 0.15) is 24.8 Å². The van der Waals surface area contributed by atoms with Crippen molar-refractivity contribution in [2.45, 2.75) is 36.4 Å². The Hall–Kier alpha value is -2.54. The molecule has 2 aromatic rings. The van der Waals surface area contributed by atoms with Crippen LogP contribution >= 0.6 is 0 Å². The lowest BCUT2D eigenvalue weighted by Gasteiger charge is -2.34. The number of likely N-dealkylation sites (tertiary alicyclic amines) is 1. The van der Waals surface area contributed by atoms with Crippen molar-refractivity contribution in [3.05, 3.63) is 60.2 Å². The highest BCUT2D eigenvalue weighted by Gasteiger charge is 2.55. The van der Waals surface area contributed by atoms with Gasteiger partial charge < -0.3 is 4.74 Å². The second-order valence-corrected chi connectivity index (χ2v) is 8.47. The molecular weight excluding hydrogens is 352 g/mol. The van der Waals surface area contributed by atoms with Gasteiger partial charge in [-0.1, -0.05) is 36.4 Å². The minimum absolute atomic E-state index is 0.0706. The monoisotopic (exact) mass is 372 g/mol. The molecule has 2 aliphatic rings. The second-order valence-electron chi connectivity index (χ2n) is 6.65. The zero-order chi connectivity index (χ0) is 18.5. The molecule has 2 heterocycles. The fourth-order valence-electron chi connectivity index (χ4n) is 4.14. The quantitative estimate of drug-likeness (QED) is 0.812. The van der Waals surface area contributed by atoms with Gasteiger partial charge in [0.05, 0.1) is 17.7 Å². The first kappa shape index (κ1) is 16.9. The van der Waals surface area contributed by atoms with Gasteiger partial charge in [-0.15, -0.1) is 0 Å². The summed E-state index contributed by atoms with van der Waals surface area (Å²) < 4.78 is 33.2. The number of para-hydroxylation sites is 1. The van der Waals surface area contributed by atoms with Crippen molar-refractivity contribution in [3.8, 4) is 0 Å². The Kier molecular flexibility index (Phi) is 3.91. The van der Waals surface area contributed by atoms with Crippen LogP contribution in [0.3, 0.4) is 0 Å². The molecule has 0 N–H and O–H groups in total. The van der Waals surface area contributed by atoms with Gasteiger partial charge in [-0.05, 0) is 37.1 Å². The number of ether oxygens (including phenoxy) is 1. The van der Waals surface area contributed by atoms with E-state index in [1.165, 1.54) is 11.4 Å². The Morgan fingerprint density at radius 2 is 1.73 bits per heavy atom. The number of carbonyl (C=O) groups excluding carboxylic acids is 1. The zero-order valence-electron chi connectivity index (χ0n) is 14.6. The topological polar surface area (TPSA) is 66.9 Å². The van der Waals surface area contributed by atoms with Gasteiger partial charge in [0.1, 0.15) is 6.17 Å². The standard InChI is InChI=1S/C19H20N2O4S/c1-13-12-16-15-10-6-7-11-17(15)21(18(16)20(13)19(22)25-2)26(23,24)14-8-4-3-5-9-14/h3-11,13,16,18H,12H2,1-2H3/t13-,16-,18+/m1/s1. The fourth-order valence-corrected chi connectivity index (χ4v) is 5.82. The first-order valence-electron chi connectivity index (χ1n) is 8.51. The molecule has 1 saturated heterocycles. The summed E-state index contributed by atoms with van der Waals surface area (Å²) in [5.74, 6) is -0.0706. The maximum Gasteiger partial charge on any atom is 0.411 e. The molecule has 2 aromatic carbocycles. The molecule has 0 spiro atoms. The van der Waals surface area contributed by atoms with Crippen molar-refractivity contribution in [1.29, 1.82) is 0 Å². The summed E-state index contributed by atoms with van der Waals surface area (Å²) in [4.78, 5) is 14.2. The van der Waals surface area contributed by atoms with E-state index < -0.39 is 22.3 Å². The van der Waals surface area contributed by atoms with Crippen LogP contribution in [0.4, 0.5) is 10.5 Å². The normalized spacial score (nSPS) is 24.3. The lowest BCUT2D eigenvalue weighted by molar-refractivity contribution is 0.107. The van der Waals surface area contributed by atoms with Crippen LogP contribution in [0.25, 0.3) is 0 Å². The lowest BCUT2D eigenvalue weighted by atomic mass is 9.97. The molecule has 3 atom stereocenters. The van der Waals surface area contributed by atoms with Gasteiger partial charge in [0.2, 0.25) is 0 Å². The SMILES string of the molecule is COC(=O)N1[C@H](C)C[C@@H]2c3ccccc3N(S(=O)(=O)c3ccccc3)[C@@H]21. The molecule has 1 fully saturated rings. The predicted molar refractivity (Wildman–Crippen MR) is 97.4 cm³/mol. The maximum atomic E-state index is 13.5. The molecule has 0 saturated carbocycles. The number of sulfonamides is 1. The lowest BCUT2D eigenvalue weighted by Crippen LogP contribution is -2.51. The van der Waals surface area contributed by atoms with E-state index in [0.29, 0.717) is 12.1 Å². The third-order valence-corrected chi connectivity index (χ3v) is 7.01. The molecule has 4 rings (SSSR count). The summed E-state index contributed by atoms with van der Waals surface area (Å²) in [7, 11) is -2.50. The predicted octanol–water partition coefficient (Wildman–Crippen LogP) is 3.17. The van der Waals surface area contributed by atoms with Gasteiger partial charge in [0.15, 0.2) is 0 Å². The van der Waals surface area contributed by atoms with Gasteiger partial charge in [-0.25, -0.2) is 17.5 Å². The number of fused-ring (bicyclic) bond motifs is 3. The van der Waals surface area contributed by atoms with Gasteiger partial charge in [-0.2, -0.15) is 0 Å². The van der Waals surface area contributed by atoms with E-state index in [1.807, 2.05) is 25.1 Å². The summed E-state index contributed by atoms with van der Waals surface area (Å²) in [5, 5.41) is 0. The average Bonchev–Trinajstić information content (AvgIpc) is 3.14. The summed E-state index contributed by atoms with van der Waals surface area (Å²) in [6.07, 6.45) is -0.427. The molecule has 136 valence electrons. The van der Waals surface area contributed by atoms with E-state index in [9.17, 15) is 13.2 Å². The molecule has 6 nitrogen and oxygen atoms in total. The van der Waals surface area contributed by atoms with Gasteiger partial charge in [0, 0.05) is 12.0 Å². The molecule has 0 aliphatic carbocycles. The molecule has 1 amide bonds. The Balaban J connectivity index is 1.90. The highest BCUT2D eigenvalue weighted by atomic mass is 32.2. The average molecular weight is 372 g/mol. The van der Waals surface area contributed by atoms with E-state index in [-0.39, 0.29) is 16.9 Å². The van der Waals surface area contributed by atoms with Crippen LogP contribution in [-0.2, 0) is 14.8 Å². The number of benzene rings is 2. The van der Waals surface area contributed by atoms with Crippen molar-refractivity contribution >= 4 is 21.8 Å². The number of nitrogens with zero attached hydrogens (tertiary/aromatic N) is 2. The summed E-state index contributed by atoms with van der Waals surface area (Å²) in [6.45, 7) is 1.92. The summed E-state index contributed by atoms with van der Waals surface area (Å²) >= 11 is 0. The number of rotatable bonds is 2. The highest BCUT2D eigenvalue weighted by Crippen LogP contribution is 2.51. The fraction of sp³-hybridized carbons (Fsp3) is 0.316. The molecule has 26 heavy (non-hydrogen) atoms. The van der Waals surface area contributed by atoms with Crippen molar-refractivity contribution in [1.82, 2.24) is 4.90 Å². The van der Waals surface area contributed by atoms with E-state index in [4.69, 9.17) is 4.74 Å². The number of methoxy groups -OCH3 is 1. The van der Waals surface area contributed by atoms with Crippen molar-refractivity contribution in [2.75, 3.05) is 11.4 Å². The van der Waals surface area contributed by atoms with E-state index in [0.717, 1.165) is 5.56 Å². The van der Waals surface area contributed by atoms with Crippen molar-refractivity contribution in [3.63, 3.8) is 0 Å². The van der Waals surface area contributed by atoms with Crippen LogP contribution in [0.2, 0.25) is 0 Å². The minimum atomic E-state index is -3.82. The van der Waals surface area contributed by atoms with Crippen LogP contribution in [0.15, 0.2) is 59.5 Å². The molecule has 0 unspecified atom stereocenters. The molecule has 0 radical (unpaired) electrons. The Bertz CT molecular complexity index is 945. The Morgan fingerprint density at radius 1 is 1.08 bits per heavy atom. The number of amides is 1. The zero-order valence-corrected chi connectivity index (χ0v) is 15.4. The van der Waals surface area contributed by atoms with Crippen LogP contribution in [-0.4, -0.2) is 38.7 Å². The van der Waals surface area contributed by atoms with E-state index in [2.05, 4.69) is 0 Å². The van der Waals surface area contributed by atoms with Crippen molar-refractivity contribution in [2.24, 2.45) is 0 Å². The first-order valence-corrected chi connectivity index (χ1v) is 9.95. The molecule has 0 aromatic heterocycles. The third-order valence-electron chi connectivity index (χ3n) is 5.21. The van der Waals surface area contributed by atoms with Gasteiger partial charge in [-0.3, -0.25) is 4.90 Å². The number of hydrogen-bond acceptors (Lipinski definition) is 4. The number of hydrogen-bond donors (Lipinski definition) is 0. The summed E-state index contributed by atoms with van der Waals surface area (Å²) in [5.41, 5.74) is 1.59. The van der Waals surface area contributed by atoms with Crippen molar-refractivity contribution < 1.29 is 17.9 Å². The number of anilines is 1. The Labute approximate surface area is 153 Å².